The highest BCUT2D eigenvalue weighted by Gasteiger charge is 2.16. The van der Waals surface area contributed by atoms with Crippen LogP contribution in [0.2, 0.25) is 0 Å². The summed E-state index contributed by atoms with van der Waals surface area (Å²) in [6.45, 7) is 1.81. The number of nitrogens with zero attached hydrogens (tertiary/aromatic N) is 1. The van der Waals surface area contributed by atoms with Crippen LogP contribution in [0.3, 0.4) is 0 Å². The topological polar surface area (TPSA) is 46.1 Å². The second-order valence-electron chi connectivity index (χ2n) is 6.77. The molecule has 0 unspecified atom stereocenters. The fraction of sp³-hybridized carbons (Fsp3) is 0.227. The Labute approximate surface area is 157 Å². The van der Waals surface area contributed by atoms with E-state index >= 15 is 0 Å². The van der Waals surface area contributed by atoms with Crippen LogP contribution in [0.1, 0.15) is 17.5 Å². The molecular weight excluding hydrogens is 341 g/mol. The minimum atomic E-state index is -0.246. The van der Waals surface area contributed by atoms with Crippen LogP contribution in [0, 0.1) is 5.82 Å². The van der Waals surface area contributed by atoms with Crippen molar-refractivity contribution in [3.8, 4) is 5.69 Å². The SMILES string of the molecule is CNC(=O)Cc1ccc2c(c1)c(C1=CCNCC1)cn2-c1ccc(F)cc1. The standard InChI is InChI=1S/C22H22FN3O/c1-24-22(27)13-15-2-7-21-19(12-15)20(16-8-10-25-11-9-16)14-26(21)18-5-3-17(23)4-6-18/h2-8,12,14,25H,9-11,13H2,1H3,(H,24,27). The van der Waals surface area contributed by atoms with Gasteiger partial charge in [0.1, 0.15) is 5.82 Å². The maximum atomic E-state index is 13.4. The van der Waals surface area contributed by atoms with Gasteiger partial charge >= 0.3 is 0 Å². The number of hydrogen-bond acceptors (Lipinski definition) is 2. The van der Waals surface area contributed by atoms with Crippen molar-refractivity contribution in [1.29, 1.82) is 0 Å². The van der Waals surface area contributed by atoms with Crippen LogP contribution in [0.5, 0.6) is 0 Å². The maximum Gasteiger partial charge on any atom is 0.224 e. The van der Waals surface area contributed by atoms with Crippen molar-refractivity contribution >= 4 is 22.4 Å². The number of likely N-dealkylation sites (N-methyl/N-ethyl adjacent to an activating group) is 1. The highest BCUT2D eigenvalue weighted by Crippen LogP contribution is 2.32. The molecule has 1 aromatic heterocycles. The van der Waals surface area contributed by atoms with Crippen LogP contribution in [-0.2, 0) is 11.2 Å². The Balaban J connectivity index is 1.87. The smallest absolute Gasteiger partial charge is 0.224 e. The number of amides is 1. The molecule has 138 valence electrons. The normalized spacial score (nSPS) is 14.2. The molecule has 5 heteroatoms. The lowest BCUT2D eigenvalue weighted by Crippen LogP contribution is -2.20. The molecule has 0 saturated heterocycles. The van der Waals surface area contributed by atoms with E-state index in [1.165, 1.54) is 23.3 Å². The second kappa shape index (κ2) is 7.37. The molecule has 0 radical (unpaired) electrons. The van der Waals surface area contributed by atoms with Crippen LogP contribution in [-0.4, -0.2) is 30.6 Å². The van der Waals surface area contributed by atoms with Crippen molar-refractivity contribution in [3.63, 3.8) is 0 Å². The molecule has 1 aliphatic rings. The zero-order valence-electron chi connectivity index (χ0n) is 15.3. The van der Waals surface area contributed by atoms with Gasteiger partial charge in [-0.25, -0.2) is 4.39 Å². The molecule has 3 aromatic rings. The van der Waals surface area contributed by atoms with Crippen molar-refractivity contribution in [2.45, 2.75) is 12.8 Å². The van der Waals surface area contributed by atoms with Gasteiger partial charge in [0.25, 0.3) is 0 Å². The summed E-state index contributed by atoms with van der Waals surface area (Å²) in [5.41, 5.74) is 5.43. The zero-order valence-corrected chi connectivity index (χ0v) is 15.3. The summed E-state index contributed by atoms with van der Waals surface area (Å²) in [5.74, 6) is -0.251. The Hall–Kier alpha value is -2.92. The number of nitrogens with one attached hydrogen (secondary N) is 2. The van der Waals surface area contributed by atoms with Gasteiger partial charge in [-0.3, -0.25) is 4.79 Å². The van der Waals surface area contributed by atoms with E-state index in [4.69, 9.17) is 0 Å². The first-order valence-electron chi connectivity index (χ1n) is 9.16. The lowest BCUT2D eigenvalue weighted by Gasteiger charge is -2.13. The van der Waals surface area contributed by atoms with Gasteiger partial charge in [-0.05, 0) is 60.5 Å². The van der Waals surface area contributed by atoms with Crippen LogP contribution < -0.4 is 10.6 Å². The third-order valence-corrected chi connectivity index (χ3v) is 5.03. The third-order valence-electron chi connectivity index (χ3n) is 5.03. The summed E-state index contributed by atoms with van der Waals surface area (Å²) in [7, 11) is 1.65. The predicted molar refractivity (Wildman–Crippen MR) is 106 cm³/mol. The second-order valence-corrected chi connectivity index (χ2v) is 6.77. The van der Waals surface area contributed by atoms with Gasteiger partial charge in [0.2, 0.25) is 5.91 Å². The first-order valence-corrected chi connectivity index (χ1v) is 9.16. The summed E-state index contributed by atoms with van der Waals surface area (Å²) in [6.07, 6.45) is 5.66. The number of fused-ring (bicyclic) bond motifs is 1. The van der Waals surface area contributed by atoms with Gasteiger partial charge in [0.05, 0.1) is 11.9 Å². The van der Waals surface area contributed by atoms with E-state index in [-0.39, 0.29) is 11.7 Å². The Morgan fingerprint density at radius 1 is 1.22 bits per heavy atom. The molecule has 2 aromatic carbocycles. The van der Waals surface area contributed by atoms with Gasteiger partial charge in [0, 0.05) is 36.4 Å². The molecule has 1 amide bonds. The molecule has 2 heterocycles. The summed E-state index contributed by atoms with van der Waals surface area (Å²) >= 11 is 0. The van der Waals surface area contributed by atoms with Gasteiger partial charge in [-0.1, -0.05) is 12.1 Å². The van der Waals surface area contributed by atoms with E-state index in [0.29, 0.717) is 6.42 Å². The first-order chi connectivity index (χ1) is 13.2. The molecule has 0 aliphatic carbocycles. The largest absolute Gasteiger partial charge is 0.359 e. The Morgan fingerprint density at radius 2 is 2.04 bits per heavy atom. The maximum absolute atomic E-state index is 13.4. The molecular formula is C22H22FN3O. The number of benzene rings is 2. The predicted octanol–water partition coefficient (Wildman–Crippen LogP) is 3.43. The minimum Gasteiger partial charge on any atom is -0.359 e. The van der Waals surface area contributed by atoms with Crippen LogP contribution in [0.25, 0.3) is 22.2 Å². The van der Waals surface area contributed by atoms with E-state index < -0.39 is 0 Å². The van der Waals surface area contributed by atoms with Gasteiger partial charge in [0.15, 0.2) is 0 Å². The minimum absolute atomic E-state index is 0.00468. The molecule has 4 nitrogen and oxygen atoms in total. The molecule has 4 rings (SSSR count). The van der Waals surface area contributed by atoms with Crippen molar-refractivity contribution < 1.29 is 9.18 Å². The van der Waals surface area contributed by atoms with E-state index in [2.05, 4.69) is 33.5 Å². The molecule has 0 fully saturated rings. The number of rotatable bonds is 4. The van der Waals surface area contributed by atoms with E-state index in [1.807, 2.05) is 12.1 Å². The lowest BCUT2D eigenvalue weighted by molar-refractivity contribution is -0.119. The summed E-state index contributed by atoms with van der Waals surface area (Å²) in [6, 6.07) is 12.7. The van der Waals surface area contributed by atoms with E-state index in [0.717, 1.165) is 41.7 Å². The van der Waals surface area contributed by atoms with Gasteiger partial charge in [-0.2, -0.15) is 0 Å². The lowest BCUT2D eigenvalue weighted by atomic mass is 9.98. The number of hydrogen-bond donors (Lipinski definition) is 2. The van der Waals surface area contributed by atoms with E-state index in [9.17, 15) is 9.18 Å². The molecule has 0 spiro atoms. The van der Waals surface area contributed by atoms with E-state index in [1.54, 1.807) is 19.2 Å². The van der Waals surface area contributed by atoms with Crippen molar-refractivity contribution in [1.82, 2.24) is 15.2 Å². The molecule has 27 heavy (non-hydrogen) atoms. The number of carbonyl (C=O) groups is 1. The van der Waals surface area contributed by atoms with Gasteiger partial charge < -0.3 is 15.2 Å². The summed E-state index contributed by atoms with van der Waals surface area (Å²) in [5, 5.41) is 7.14. The van der Waals surface area contributed by atoms with Crippen LogP contribution in [0.15, 0.2) is 54.7 Å². The molecule has 2 N–H and O–H groups in total. The number of carbonyl (C=O) groups excluding carboxylic acids is 1. The van der Waals surface area contributed by atoms with Crippen molar-refractivity contribution in [2.24, 2.45) is 0 Å². The van der Waals surface area contributed by atoms with Gasteiger partial charge in [-0.15, -0.1) is 0 Å². The molecule has 0 bridgehead atoms. The third kappa shape index (κ3) is 3.51. The van der Waals surface area contributed by atoms with Crippen LogP contribution >= 0.6 is 0 Å². The highest BCUT2D eigenvalue weighted by atomic mass is 19.1. The molecule has 0 saturated carbocycles. The Bertz CT molecular complexity index is 1020. The molecule has 0 atom stereocenters. The van der Waals surface area contributed by atoms with Crippen molar-refractivity contribution in [2.75, 3.05) is 20.1 Å². The zero-order chi connectivity index (χ0) is 18.8. The first kappa shape index (κ1) is 17.5. The quantitative estimate of drug-likeness (QED) is 0.746. The fourth-order valence-electron chi connectivity index (χ4n) is 3.60. The average molecular weight is 363 g/mol. The molecule has 1 aliphatic heterocycles. The van der Waals surface area contributed by atoms with Crippen molar-refractivity contribution in [3.05, 3.63) is 71.7 Å². The average Bonchev–Trinajstić information content (AvgIpc) is 3.08. The number of aromatic nitrogens is 1. The number of halogens is 1. The Kier molecular flexibility index (Phi) is 4.77. The highest BCUT2D eigenvalue weighted by molar-refractivity contribution is 5.95. The summed E-state index contributed by atoms with van der Waals surface area (Å²) in [4.78, 5) is 11.8. The fourth-order valence-corrected chi connectivity index (χ4v) is 3.60. The Morgan fingerprint density at radius 3 is 2.74 bits per heavy atom. The summed E-state index contributed by atoms with van der Waals surface area (Å²) < 4.78 is 15.5. The monoisotopic (exact) mass is 363 g/mol. The van der Waals surface area contributed by atoms with Crippen LogP contribution in [0.4, 0.5) is 4.39 Å².